The molecule has 2 atom stereocenters. The SMILES string of the molecule is NC(=O)C[C@@H](NC(=O)N1CCOC(CO)C1)C(=O)O. The number of nitrogens with two attached hydrogens (primary N) is 1. The number of primary amides is 1. The largest absolute Gasteiger partial charge is 0.480 e. The number of carboxylic acids is 1. The Bertz CT molecular complexity index is 361. The minimum absolute atomic E-state index is 0.158. The Morgan fingerprint density at radius 2 is 2.16 bits per heavy atom. The fourth-order valence-electron chi connectivity index (χ4n) is 1.66. The van der Waals surface area contributed by atoms with Gasteiger partial charge in [-0.3, -0.25) is 4.79 Å². The van der Waals surface area contributed by atoms with Crippen molar-refractivity contribution in [3.63, 3.8) is 0 Å². The predicted molar refractivity (Wildman–Crippen MR) is 62.2 cm³/mol. The summed E-state index contributed by atoms with van der Waals surface area (Å²) in [6.45, 7) is 0.468. The van der Waals surface area contributed by atoms with Crippen molar-refractivity contribution in [2.45, 2.75) is 18.6 Å². The van der Waals surface area contributed by atoms with Crippen LogP contribution >= 0.6 is 0 Å². The van der Waals surface area contributed by atoms with Crippen molar-refractivity contribution >= 4 is 17.9 Å². The summed E-state index contributed by atoms with van der Waals surface area (Å²) in [7, 11) is 0. The summed E-state index contributed by atoms with van der Waals surface area (Å²) in [4.78, 5) is 34.7. The van der Waals surface area contributed by atoms with Crippen molar-refractivity contribution in [3.8, 4) is 0 Å². The molecule has 1 fully saturated rings. The van der Waals surface area contributed by atoms with Gasteiger partial charge >= 0.3 is 12.0 Å². The molecule has 1 unspecified atom stereocenters. The maximum absolute atomic E-state index is 11.8. The zero-order valence-electron chi connectivity index (χ0n) is 10.2. The van der Waals surface area contributed by atoms with Gasteiger partial charge in [0.1, 0.15) is 6.04 Å². The summed E-state index contributed by atoms with van der Waals surface area (Å²) in [5.41, 5.74) is 4.91. The standard InChI is InChI=1S/C10H17N3O6/c11-8(15)3-7(9(16)17)12-10(18)13-1-2-19-6(4-13)5-14/h6-7,14H,1-5H2,(H2,11,15)(H,12,18)(H,16,17)/t6?,7-/m1/s1. The van der Waals surface area contributed by atoms with E-state index >= 15 is 0 Å². The van der Waals surface area contributed by atoms with Gasteiger partial charge in [0.05, 0.1) is 32.3 Å². The van der Waals surface area contributed by atoms with Gasteiger partial charge in [0.2, 0.25) is 5.91 Å². The average molecular weight is 275 g/mol. The second-order valence-electron chi connectivity index (χ2n) is 4.13. The van der Waals surface area contributed by atoms with Crippen molar-refractivity contribution in [2.24, 2.45) is 5.73 Å². The van der Waals surface area contributed by atoms with E-state index in [2.05, 4.69) is 5.32 Å². The van der Waals surface area contributed by atoms with Crippen LogP contribution in [0.5, 0.6) is 0 Å². The molecule has 9 nitrogen and oxygen atoms in total. The zero-order valence-corrected chi connectivity index (χ0v) is 10.2. The number of aliphatic carboxylic acids is 1. The molecule has 9 heteroatoms. The van der Waals surface area contributed by atoms with Crippen LogP contribution < -0.4 is 11.1 Å². The van der Waals surface area contributed by atoms with E-state index < -0.39 is 36.5 Å². The van der Waals surface area contributed by atoms with Crippen LogP contribution in [0.15, 0.2) is 0 Å². The summed E-state index contributed by atoms with van der Waals surface area (Å²) in [6.07, 6.45) is -0.964. The molecule has 1 heterocycles. The van der Waals surface area contributed by atoms with E-state index in [4.69, 9.17) is 20.7 Å². The minimum Gasteiger partial charge on any atom is -0.480 e. The molecule has 1 saturated heterocycles. The molecule has 0 aromatic carbocycles. The van der Waals surface area contributed by atoms with Crippen molar-refractivity contribution in [1.82, 2.24) is 10.2 Å². The Balaban J connectivity index is 2.56. The molecule has 1 rings (SSSR count). The normalized spacial score (nSPS) is 20.7. The number of aliphatic hydroxyl groups is 1. The Hall–Kier alpha value is -1.87. The van der Waals surface area contributed by atoms with Crippen molar-refractivity contribution in [1.29, 1.82) is 0 Å². The van der Waals surface area contributed by atoms with Crippen LogP contribution in [0.25, 0.3) is 0 Å². The molecular formula is C10H17N3O6. The molecule has 0 saturated carbocycles. The van der Waals surface area contributed by atoms with Gasteiger partial charge in [-0.2, -0.15) is 0 Å². The van der Waals surface area contributed by atoms with Gasteiger partial charge in [0.15, 0.2) is 0 Å². The third-order valence-corrected chi connectivity index (χ3v) is 2.63. The predicted octanol–water partition coefficient (Wildman–Crippen LogP) is -2.28. The van der Waals surface area contributed by atoms with E-state index in [-0.39, 0.29) is 26.3 Å². The van der Waals surface area contributed by atoms with Gasteiger partial charge in [-0.15, -0.1) is 0 Å². The third kappa shape index (κ3) is 4.72. The lowest BCUT2D eigenvalue weighted by molar-refractivity contribution is -0.141. The molecular weight excluding hydrogens is 258 g/mol. The highest BCUT2D eigenvalue weighted by atomic mass is 16.5. The van der Waals surface area contributed by atoms with Gasteiger partial charge in [0, 0.05) is 6.54 Å². The highest BCUT2D eigenvalue weighted by Crippen LogP contribution is 2.05. The zero-order chi connectivity index (χ0) is 14.4. The first-order valence-electron chi connectivity index (χ1n) is 5.73. The van der Waals surface area contributed by atoms with E-state index in [0.29, 0.717) is 0 Å². The average Bonchev–Trinajstić information content (AvgIpc) is 2.37. The monoisotopic (exact) mass is 275 g/mol. The van der Waals surface area contributed by atoms with Gasteiger partial charge in [-0.05, 0) is 0 Å². The maximum Gasteiger partial charge on any atom is 0.326 e. The first-order chi connectivity index (χ1) is 8.93. The molecule has 5 N–H and O–H groups in total. The van der Waals surface area contributed by atoms with Crippen LogP contribution in [0, 0.1) is 0 Å². The minimum atomic E-state index is -1.36. The number of hydrogen-bond acceptors (Lipinski definition) is 5. The number of aliphatic hydroxyl groups excluding tert-OH is 1. The van der Waals surface area contributed by atoms with Crippen LogP contribution in [0.2, 0.25) is 0 Å². The molecule has 0 aromatic heterocycles. The molecule has 108 valence electrons. The summed E-state index contributed by atoms with van der Waals surface area (Å²) >= 11 is 0. The molecule has 19 heavy (non-hydrogen) atoms. The number of ether oxygens (including phenoxy) is 1. The number of nitrogens with one attached hydrogen (secondary N) is 1. The van der Waals surface area contributed by atoms with E-state index in [9.17, 15) is 14.4 Å². The Labute approximate surface area is 109 Å². The van der Waals surface area contributed by atoms with Crippen molar-refractivity contribution in [3.05, 3.63) is 0 Å². The number of carbonyl (C=O) groups excluding carboxylic acids is 2. The Morgan fingerprint density at radius 1 is 1.47 bits per heavy atom. The topological polar surface area (TPSA) is 142 Å². The van der Waals surface area contributed by atoms with E-state index in [1.54, 1.807) is 0 Å². The number of urea groups is 1. The molecule has 0 spiro atoms. The second-order valence-corrected chi connectivity index (χ2v) is 4.13. The van der Waals surface area contributed by atoms with Crippen LogP contribution in [-0.2, 0) is 14.3 Å². The van der Waals surface area contributed by atoms with Crippen molar-refractivity contribution in [2.75, 3.05) is 26.3 Å². The lowest BCUT2D eigenvalue weighted by Gasteiger charge is -2.32. The van der Waals surface area contributed by atoms with Gasteiger partial charge < -0.3 is 30.9 Å². The van der Waals surface area contributed by atoms with Gasteiger partial charge in [0.25, 0.3) is 0 Å². The fraction of sp³-hybridized carbons (Fsp3) is 0.700. The number of morpholine rings is 1. The van der Waals surface area contributed by atoms with Gasteiger partial charge in [-0.1, -0.05) is 0 Å². The second kappa shape index (κ2) is 6.90. The van der Waals surface area contributed by atoms with Crippen LogP contribution in [0.1, 0.15) is 6.42 Å². The number of rotatable bonds is 5. The maximum atomic E-state index is 11.8. The first kappa shape index (κ1) is 15.2. The Morgan fingerprint density at radius 3 is 2.68 bits per heavy atom. The smallest absolute Gasteiger partial charge is 0.326 e. The molecule has 1 aliphatic rings. The summed E-state index contributed by atoms with van der Waals surface area (Å²) in [5.74, 6) is -2.15. The van der Waals surface area contributed by atoms with E-state index in [0.717, 1.165) is 0 Å². The highest BCUT2D eigenvalue weighted by molar-refractivity contribution is 5.87. The lowest BCUT2D eigenvalue weighted by Crippen LogP contribution is -2.54. The summed E-state index contributed by atoms with van der Waals surface area (Å²) < 4.78 is 5.16. The van der Waals surface area contributed by atoms with E-state index in [1.165, 1.54) is 4.90 Å². The Kier molecular flexibility index (Phi) is 5.52. The van der Waals surface area contributed by atoms with Crippen molar-refractivity contribution < 1.29 is 29.3 Å². The first-order valence-corrected chi connectivity index (χ1v) is 5.73. The number of amides is 3. The molecule has 0 radical (unpaired) electrons. The fourth-order valence-corrected chi connectivity index (χ4v) is 1.66. The number of nitrogens with zero attached hydrogens (tertiary/aromatic N) is 1. The molecule has 0 bridgehead atoms. The van der Waals surface area contributed by atoms with E-state index in [1.807, 2.05) is 0 Å². The number of carboxylic acid groups (broad SMARTS) is 1. The summed E-state index contributed by atoms with van der Waals surface area (Å²) in [6, 6.07) is -1.99. The number of hydrogen-bond donors (Lipinski definition) is 4. The molecule has 1 aliphatic heterocycles. The molecule has 0 aromatic rings. The number of carbonyl (C=O) groups is 3. The molecule has 3 amide bonds. The van der Waals surface area contributed by atoms with Crippen LogP contribution in [-0.4, -0.2) is 71.5 Å². The quantitative estimate of drug-likeness (QED) is 0.445. The van der Waals surface area contributed by atoms with Gasteiger partial charge in [-0.25, -0.2) is 9.59 Å². The highest BCUT2D eigenvalue weighted by Gasteiger charge is 2.28. The van der Waals surface area contributed by atoms with Crippen LogP contribution in [0.4, 0.5) is 4.79 Å². The summed E-state index contributed by atoms with van der Waals surface area (Å²) in [5, 5.41) is 20.0. The third-order valence-electron chi connectivity index (χ3n) is 2.63. The molecule has 0 aliphatic carbocycles. The van der Waals surface area contributed by atoms with Crippen LogP contribution in [0.3, 0.4) is 0 Å². The lowest BCUT2D eigenvalue weighted by atomic mass is 10.2.